The molecule has 3 rings (SSSR count). The second-order valence-electron chi connectivity index (χ2n) is 9.86. The number of amides is 1. The first-order valence-corrected chi connectivity index (χ1v) is 12.3. The first-order valence-electron chi connectivity index (χ1n) is 11.9. The van der Waals surface area contributed by atoms with Crippen molar-refractivity contribution in [1.29, 1.82) is 0 Å². The molecule has 2 aromatic carbocycles. The molecule has 1 N–H and O–H groups in total. The lowest BCUT2D eigenvalue weighted by atomic mass is 9.85. The van der Waals surface area contributed by atoms with Crippen molar-refractivity contribution in [3.63, 3.8) is 0 Å². The molecule has 33 heavy (non-hydrogen) atoms. The molecule has 0 aliphatic rings. The predicted octanol–water partition coefficient (Wildman–Crippen LogP) is 7.58. The van der Waals surface area contributed by atoms with Crippen LogP contribution < -0.4 is 5.32 Å². The van der Waals surface area contributed by atoms with Crippen LogP contribution in [0.4, 0.5) is 5.69 Å². The molecule has 4 nitrogen and oxygen atoms in total. The van der Waals surface area contributed by atoms with Crippen molar-refractivity contribution >= 4 is 23.2 Å². The lowest BCUT2D eigenvalue weighted by Crippen LogP contribution is -2.21. The normalized spacial score (nSPS) is 12.5. The van der Waals surface area contributed by atoms with Gasteiger partial charge in [-0.2, -0.15) is 0 Å². The number of hydrogen-bond acceptors (Lipinski definition) is 2. The van der Waals surface area contributed by atoms with Crippen molar-refractivity contribution in [1.82, 2.24) is 9.55 Å². The highest BCUT2D eigenvalue weighted by Crippen LogP contribution is 2.32. The maximum absolute atomic E-state index is 13.3. The number of anilines is 1. The lowest BCUT2D eigenvalue weighted by Gasteiger charge is -2.25. The summed E-state index contributed by atoms with van der Waals surface area (Å²) in [7, 11) is 0. The van der Waals surface area contributed by atoms with Crippen LogP contribution in [0.2, 0.25) is 5.02 Å². The Balaban J connectivity index is 1.80. The van der Waals surface area contributed by atoms with Crippen molar-refractivity contribution in [3.05, 3.63) is 82.9 Å². The van der Waals surface area contributed by atoms with Gasteiger partial charge in [-0.3, -0.25) is 4.79 Å². The summed E-state index contributed by atoms with van der Waals surface area (Å²) in [4.78, 5) is 17.4. The third kappa shape index (κ3) is 7.46. The van der Waals surface area contributed by atoms with E-state index in [-0.39, 0.29) is 17.2 Å². The van der Waals surface area contributed by atoms with Gasteiger partial charge in [-0.15, -0.1) is 0 Å². The molecule has 1 unspecified atom stereocenters. The molecule has 0 aliphatic heterocycles. The van der Waals surface area contributed by atoms with Gasteiger partial charge in [0.15, 0.2) is 0 Å². The van der Waals surface area contributed by atoms with Crippen LogP contribution in [0.1, 0.15) is 82.4 Å². The van der Waals surface area contributed by atoms with Crippen LogP contribution in [0.3, 0.4) is 0 Å². The zero-order valence-electron chi connectivity index (χ0n) is 20.3. The summed E-state index contributed by atoms with van der Waals surface area (Å²) >= 11 is 6.26. The molecule has 0 radical (unpaired) electrons. The van der Waals surface area contributed by atoms with Gasteiger partial charge in [-0.1, -0.05) is 82.8 Å². The van der Waals surface area contributed by atoms with E-state index in [1.807, 2.05) is 35.3 Å². The Morgan fingerprint density at radius 3 is 2.64 bits per heavy atom. The maximum atomic E-state index is 13.3. The molecular weight excluding hydrogens is 430 g/mol. The topological polar surface area (TPSA) is 46.9 Å². The van der Waals surface area contributed by atoms with E-state index < -0.39 is 0 Å². The number of hydrogen-bond donors (Lipinski definition) is 1. The van der Waals surface area contributed by atoms with Gasteiger partial charge in [-0.25, -0.2) is 4.98 Å². The van der Waals surface area contributed by atoms with E-state index in [4.69, 9.17) is 11.6 Å². The Bertz CT molecular complexity index is 1040. The van der Waals surface area contributed by atoms with Crippen molar-refractivity contribution in [2.75, 3.05) is 5.32 Å². The highest BCUT2D eigenvalue weighted by atomic mass is 35.5. The quantitative estimate of drug-likeness (QED) is 0.314. The largest absolute Gasteiger partial charge is 0.333 e. The van der Waals surface area contributed by atoms with Gasteiger partial charge >= 0.3 is 0 Å². The number of halogens is 1. The average molecular weight is 466 g/mol. The molecule has 1 atom stereocenters. The third-order valence-corrected chi connectivity index (χ3v) is 6.23. The minimum atomic E-state index is -0.0797. The number of carbonyl (C=O) groups is 1. The third-order valence-electron chi connectivity index (χ3n) is 6.00. The standard InChI is InChI=1S/C28H36ClN3O/c1-5-6-7-9-23(22-10-8-11-24(29)17-22)18-27(33)31-26-16-21(19-32-15-14-30-20-32)12-13-25(26)28(2,3)4/h8,10-17,20,23H,5-7,9,18-19H2,1-4H3,(H,31,33). The Labute approximate surface area is 203 Å². The second-order valence-corrected chi connectivity index (χ2v) is 10.3. The highest BCUT2D eigenvalue weighted by molar-refractivity contribution is 6.30. The average Bonchev–Trinajstić information content (AvgIpc) is 3.25. The Morgan fingerprint density at radius 1 is 1.15 bits per heavy atom. The van der Waals surface area contributed by atoms with Crippen LogP contribution in [0.25, 0.3) is 0 Å². The van der Waals surface area contributed by atoms with Gasteiger partial charge in [0.05, 0.1) is 6.33 Å². The minimum absolute atomic E-state index is 0.0433. The fourth-order valence-corrected chi connectivity index (χ4v) is 4.45. The number of rotatable bonds is 10. The summed E-state index contributed by atoms with van der Waals surface area (Å²) in [6, 6.07) is 14.3. The fraction of sp³-hybridized carbons (Fsp3) is 0.429. The summed E-state index contributed by atoms with van der Waals surface area (Å²) in [5, 5.41) is 3.96. The molecule has 0 saturated carbocycles. The zero-order chi connectivity index (χ0) is 23.8. The SMILES string of the molecule is CCCCCC(CC(=O)Nc1cc(Cn2ccnc2)ccc1C(C)(C)C)c1cccc(Cl)c1. The number of benzene rings is 2. The first kappa shape index (κ1) is 25.0. The molecule has 3 aromatic rings. The lowest BCUT2D eigenvalue weighted by molar-refractivity contribution is -0.116. The summed E-state index contributed by atoms with van der Waals surface area (Å²) in [5.41, 5.74) is 4.22. The van der Waals surface area contributed by atoms with Gasteiger partial charge in [-0.05, 0) is 52.6 Å². The monoisotopic (exact) mass is 465 g/mol. The van der Waals surface area contributed by atoms with Crippen molar-refractivity contribution < 1.29 is 4.79 Å². The van der Waals surface area contributed by atoms with Crippen molar-refractivity contribution in [2.45, 2.75) is 77.7 Å². The number of aromatic nitrogens is 2. The number of nitrogens with zero attached hydrogens (tertiary/aromatic N) is 2. The van der Waals surface area contributed by atoms with E-state index in [0.717, 1.165) is 53.2 Å². The zero-order valence-corrected chi connectivity index (χ0v) is 21.0. The van der Waals surface area contributed by atoms with Crippen LogP contribution in [0.5, 0.6) is 0 Å². The predicted molar refractivity (Wildman–Crippen MR) is 138 cm³/mol. The molecular formula is C28H36ClN3O. The summed E-state index contributed by atoms with van der Waals surface area (Å²) in [5.74, 6) is 0.198. The number of carbonyl (C=O) groups excluding carboxylic acids is 1. The molecule has 1 aromatic heterocycles. The molecule has 0 spiro atoms. The van der Waals surface area contributed by atoms with Crippen molar-refractivity contribution in [3.8, 4) is 0 Å². The van der Waals surface area contributed by atoms with Gasteiger partial charge < -0.3 is 9.88 Å². The molecule has 5 heteroatoms. The van der Waals surface area contributed by atoms with Gasteiger partial charge in [0, 0.05) is 36.1 Å². The van der Waals surface area contributed by atoms with E-state index >= 15 is 0 Å². The molecule has 0 aliphatic carbocycles. The molecule has 1 amide bonds. The van der Waals surface area contributed by atoms with E-state index in [1.54, 1.807) is 6.20 Å². The Hall–Kier alpha value is -2.59. The molecule has 1 heterocycles. The van der Waals surface area contributed by atoms with E-state index in [0.29, 0.717) is 6.42 Å². The fourth-order valence-electron chi connectivity index (χ4n) is 4.25. The first-order chi connectivity index (χ1) is 15.8. The van der Waals surface area contributed by atoms with E-state index in [9.17, 15) is 4.79 Å². The summed E-state index contributed by atoms with van der Waals surface area (Å²) in [6.45, 7) is 9.44. The molecule has 0 fully saturated rings. The van der Waals surface area contributed by atoms with Crippen LogP contribution in [-0.4, -0.2) is 15.5 Å². The van der Waals surface area contributed by atoms with Gasteiger partial charge in [0.25, 0.3) is 0 Å². The molecule has 176 valence electrons. The Morgan fingerprint density at radius 2 is 1.97 bits per heavy atom. The Kier molecular flexibility index (Phi) is 8.74. The van der Waals surface area contributed by atoms with E-state index in [2.05, 4.69) is 62.3 Å². The van der Waals surface area contributed by atoms with Crippen molar-refractivity contribution in [2.24, 2.45) is 0 Å². The van der Waals surface area contributed by atoms with E-state index in [1.165, 1.54) is 6.42 Å². The van der Waals surface area contributed by atoms with Crippen LogP contribution >= 0.6 is 11.6 Å². The maximum Gasteiger partial charge on any atom is 0.224 e. The summed E-state index contributed by atoms with van der Waals surface area (Å²) in [6.07, 6.45) is 10.4. The van der Waals surface area contributed by atoms with Gasteiger partial charge in [0.2, 0.25) is 5.91 Å². The second kappa shape index (κ2) is 11.5. The number of unbranched alkanes of at least 4 members (excludes halogenated alkanes) is 2. The minimum Gasteiger partial charge on any atom is -0.333 e. The molecule has 0 saturated heterocycles. The van der Waals surface area contributed by atoms with Crippen LogP contribution in [-0.2, 0) is 16.8 Å². The van der Waals surface area contributed by atoms with Crippen LogP contribution in [0, 0.1) is 0 Å². The highest BCUT2D eigenvalue weighted by Gasteiger charge is 2.22. The smallest absolute Gasteiger partial charge is 0.224 e. The summed E-state index contributed by atoms with van der Waals surface area (Å²) < 4.78 is 2.03. The van der Waals surface area contributed by atoms with Crippen LogP contribution in [0.15, 0.2) is 61.2 Å². The number of nitrogens with one attached hydrogen (secondary N) is 1. The number of imidazole rings is 1. The molecule has 0 bridgehead atoms. The van der Waals surface area contributed by atoms with Gasteiger partial charge in [0.1, 0.15) is 0 Å².